The number of nitrogens with zero attached hydrogens (tertiary/aromatic N) is 3. The SMILES string of the molecule is CCn1c(=O)/c(=C2\Sc3ccc(Cl)cc3N2C)s/c1=C\c1scc[n+]1Cc1ccc(C(F)(F)F)o1. The Morgan fingerprint density at radius 1 is 1.23 bits per heavy atom. The van der Waals surface area contributed by atoms with E-state index in [1.165, 1.54) is 40.5 Å². The van der Waals surface area contributed by atoms with Gasteiger partial charge in [-0.3, -0.25) is 9.36 Å². The molecule has 0 saturated carbocycles. The van der Waals surface area contributed by atoms with Gasteiger partial charge >= 0.3 is 6.18 Å². The number of thiazole rings is 2. The molecule has 0 unspecified atom stereocenters. The van der Waals surface area contributed by atoms with Gasteiger partial charge in [-0.2, -0.15) is 17.7 Å². The number of furan rings is 1. The normalized spacial score (nSPS) is 15.8. The maximum Gasteiger partial charge on any atom is 0.449 e. The van der Waals surface area contributed by atoms with Crippen LogP contribution in [0, 0.1) is 0 Å². The van der Waals surface area contributed by atoms with E-state index in [4.69, 9.17) is 16.0 Å². The van der Waals surface area contributed by atoms with Crippen LogP contribution in [0.1, 0.15) is 23.5 Å². The van der Waals surface area contributed by atoms with Crippen LogP contribution in [-0.4, -0.2) is 11.6 Å². The number of fused-ring (bicyclic) bond motifs is 1. The highest BCUT2D eigenvalue weighted by molar-refractivity contribution is 8.08. The standard InChI is InChI=1S/C23H18ClF3N3O2S3/c1-3-30-19(11-18-29(8-9-33-18)12-14-5-7-17(32-14)23(25,26)27)35-20(21(30)31)22-28(2)15-10-13(24)4-6-16(15)34-22/h4-11H,3,12H2,1-2H3/q+1/b22-20+. The third kappa shape index (κ3) is 4.57. The molecule has 182 valence electrons. The van der Waals surface area contributed by atoms with Crippen LogP contribution < -0.4 is 24.2 Å². The monoisotopic (exact) mass is 556 g/mol. The summed E-state index contributed by atoms with van der Waals surface area (Å²) >= 11 is 10.5. The lowest BCUT2D eigenvalue weighted by atomic mass is 10.3. The number of aromatic nitrogens is 2. The van der Waals surface area contributed by atoms with E-state index in [1.54, 1.807) is 15.3 Å². The molecule has 0 aliphatic carbocycles. The first kappa shape index (κ1) is 24.2. The van der Waals surface area contributed by atoms with E-state index in [1.807, 2.05) is 48.5 Å². The van der Waals surface area contributed by atoms with Crippen molar-refractivity contribution in [2.75, 3.05) is 11.9 Å². The molecule has 4 heterocycles. The molecule has 3 aromatic heterocycles. The molecule has 12 heteroatoms. The zero-order valence-electron chi connectivity index (χ0n) is 18.4. The van der Waals surface area contributed by atoms with E-state index < -0.39 is 11.9 Å². The second-order valence-corrected chi connectivity index (χ2v) is 11.1. The summed E-state index contributed by atoms with van der Waals surface area (Å²) in [4.78, 5) is 16.3. The lowest BCUT2D eigenvalue weighted by Crippen LogP contribution is -2.36. The molecule has 1 aliphatic heterocycles. The fraction of sp³-hybridized carbons (Fsp3) is 0.217. The zero-order valence-corrected chi connectivity index (χ0v) is 21.6. The molecule has 0 fully saturated rings. The zero-order chi connectivity index (χ0) is 24.9. The van der Waals surface area contributed by atoms with Crippen molar-refractivity contribution in [2.24, 2.45) is 0 Å². The number of hydrogen-bond donors (Lipinski definition) is 0. The van der Waals surface area contributed by atoms with Crippen LogP contribution >= 0.6 is 46.0 Å². The van der Waals surface area contributed by atoms with Crippen molar-refractivity contribution < 1.29 is 22.2 Å². The Morgan fingerprint density at radius 2 is 2.03 bits per heavy atom. The summed E-state index contributed by atoms with van der Waals surface area (Å²) in [5.41, 5.74) is 0.868. The molecule has 1 aliphatic rings. The average Bonchev–Trinajstić information content (AvgIpc) is 3.57. The largest absolute Gasteiger partial charge is 0.450 e. The molecule has 0 N–H and O–H groups in total. The lowest BCUT2D eigenvalue weighted by molar-refractivity contribution is -0.686. The second kappa shape index (κ2) is 9.20. The number of benzene rings is 1. The van der Waals surface area contributed by atoms with Gasteiger partial charge in [-0.15, -0.1) is 11.3 Å². The maximum atomic E-state index is 13.3. The van der Waals surface area contributed by atoms with Crippen LogP contribution in [0.15, 0.2) is 56.0 Å². The van der Waals surface area contributed by atoms with Gasteiger partial charge in [-0.05, 0) is 37.3 Å². The van der Waals surface area contributed by atoms with E-state index in [0.29, 0.717) is 16.1 Å². The van der Waals surface area contributed by atoms with Gasteiger partial charge in [-0.1, -0.05) is 34.7 Å². The van der Waals surface area contributed by atoms with Crippen molar-refractivity contribution in [2.45, 2.75) is 31.1 Å². The average molecular weight is 557 g/mol. The van der Waals surface area contributed by atoms with E-state index in [9.17, 15) is 18.0 Å². The number of rotatable bonds is 4. The van der Waals surface area contributed by atoms with Crippen LogP contribution in [0.2, 0.25) is 5.02 Å². The van der Waals surface area contributed by atoms with Gasteiger partial charge in [0.15, 0.2) is 12.0 Å². The summed E-state index contributed by atoms with van der Waals surface area (Å²) in [6.45, 7) is 2.54. The summed E-state index contributed by atoms with van der Waals surface area (Å²) in [5, 5.41) is 4.11. The Bertz CT molecular complexity index is 1600. The summed E-state index contributed by atoms with van der Waals surface area (Å²) < 4.78 is 48.5. The van der Waals surface area contributed by atoms with Gasteiger partial charge < -0.3 is 9.32 Å². The van der Waals surface area contributed by atoms with Crippen LogP contribution in [0.3, 0.4) is 0 Å². The van der Waals surface area contributed by atoms with Gasteiger partial charge in [0.05, 0.1) is 17.1 Å². The van der Waals surface area contributed by atoms with Crippen LogP contribution in [-0.2, 0) is 19.3 Å². The lowest BCUT2D eigenvalue weighted by Gasteiger charge is -2.12. The Balaban J connectivity index is 1.55. The van der Waals surface area contributed by atoms with Crippen molar-refractivity contribution in [3.63, 3.8) is 0 Å². The maximum absolute atomic E-state index is 13.3. The molecular weight excluding hydrogens is 539 g/mol. The number of anilines is 1. The molecule has 4 aromatic rings. The van der Waals surface area contributed by atoms with Crippen molar-refractivity contribution in [3.8, 4) is 0 Å². The summed E-state index contributed by atoms with van der Waals surface area (Å²) in [7, 11) is 1.91. The Kier molecular flexibility index (Phi) is 6.37. The van der Waals surface area contributed by atoms with E-state index in [2.05, 4.69) is 0 Å². The van der Waals surface area contributed by atoms with Crippen LogP contribution in [0.5, 0.6) is 0 Å². The van der Waals surface area contributed by atoms with Crippen molar-refractivity contribution in [1.82, 2.24) is 4.57 Å². The van der Waals surface area contributed by atoms with Gasteiger partial charge in [0.25, 0.3) is 10.6 Å². The Labute approximate surface area is 215 Å². The van der Waals surface area contributed by atoms with Crippen LogP contribution in [0.25, 0.3) is 11.1 Å². The molecule has 0 amide bonds. The predicted octanol–water partition coefficient (Wildman–Crippen LogP) is 4.73. The molecular formula is C23H18ClF3N3O2S3+. The molecule has 5 rings (SSSR count). The molecule has 35 heavy (non-hydrogen) atoms. The van der Waals surface area contributed by atoms with Gasteiger partial charge in [0, 0.05) is 23.5 Å². The topological polar surface area (TPSA) is 42.3 Å². The Morgan fingerprint density at radius 3 is 2.74 bits per heavy atom. The number of halogens is 4. The molecule has 0 spiro atoms. The first-order valence-electron chi connectivity index (χ1n) is 10.5. The van der Waals surface area contributed by atoms with Crippen molar-refractivity contribution in [3.05, 3.63) is 83.0 Å². The highest BCUT2D eigenvalue weighted by Crippen LogP contribution is 2.46. The number of hydrogen-bond acceptors (Lipinski definition) is 6. The smallest absolute Gasteiger partial charge is 0.449 e. The predicted molar refractivity (Wildman–Crippen MR) is 134 cm³/mol. The van der Waals surface area contributed by atoms with Gasteiger partial charge in [0.2, 0.25) is 12.3 Å². The van der Waals surface area contributed by atoms with Crippen LogP contribution in [0.4, 0.5) is 18.9 Å². The second-order valence-electron chi connectivity index (χ2n) is 7.67. The number of alkyl halides is 3. The molecule has 0 bridgehead atoms. The van der Waals surface area contributed by atoms with Gasteiger partial charge in [-0.25, -0.2) is 0 Å². The quantitative estimate of drug-likeness (QED) is 0.341. The first-order chi connectivity index (χ1) is 16.7. The molecule has 0 radical (unpaired) electrons. The minimum Gasteiger partial charge on any atom is -0.450 e. The first-order valence-corrected chi connectivity index (χ1v) is 13.3. The summed E-state index contributed by atoms with van der Waals surface area (Å²) in [6, 6.07) is 7.91. The van der Waals surface area contributed by atoms with E-state index in [-0.39, 0.29) is 17.9 Å². The minimum absolute atomic E-state index is 0.0824. The van der Waals surface area contributed by atoms with E-state index >= 15 is 0 Å². The fourth-order valence-corrected chi connectivity index (χ4v) is 7.20. The minimum atomic E-state index is -4.52. The van der Waals surface area contributed by atoms with Crippen molar-refractivity contribution >= 4 is 62.8 Å². The third-order valence-corrected chi connectivity index (χ3v) is 9.01. The fourth-order valence-electron chi connectivity index (χ4n) is 3.74. The molecule has 5 nitrogen and oxygen atoms in total. The molecule has 0 saturated heterocycles. The Hall–Kier alpha value is -2.47. The van der Waals surface area contributed by atoms with Crippen molar-refractivity contribution in [1.29, 1.82) is 0 Å². The molecule has 0 atom stereocenters. The summed E-state index contributed by atoms with van der Waals surface area (Å²) in [6.07, 6.45) is -0.850. The van der Waals surface area contributed by atoms with E-state index in [0.717, 1.165) is 31.3 Å². The number of thioether (sulfide) groups is 1. The molecule has 1 aromatic carbocycles. The van der Waals surface area contributed by atoms with Gasteiger partial charge in [0.1, 0.15) is 14.2 Å². The highest BCUT2D eigenvalue weighted by atomic mass is 35.5. The highest BCUT2D eigenvalue weighted by Gasteiger charge is 2.35. The third-order valence-electron chi connectivity index (χ3n) is 5.44. The summed E-state index contributed by atoms with van der Waals surface area (Å²) in [5.74, 6) is -0.819.